The van der Waals surface area contributed by atoms with Gasteiger partial charge in [-0.3, -0.25) is 14.5 Å². The molecule has 0 unspecified atom stereocenters. The molecule has 2 bridgehead atoms. The molecule has 3 aliphatic rings. The van der Waals surface area contributed by atoms with E-state index in [1.165, 1.54) is 0 Å². The molecule has 0 aromatic carbocycles. The van der Waals surface area contributed by atoms with Crippen molar-refractivity contribution in [3.63, 3.8) is 0 Å². The summed E-state index contributed by atoms with van der Waals surface area (Å²) in [5.41, 5.74) is 0. The molecular formula is C14H13Br2NO6-2. The van der Waals surface area contributed by atoms with Crippen LogP contribution in [0.4, 0.5) is 0 Å². The van der Waals surface area contributed by atoms with Crippen LogP contribution in [0.15, 0.2) is 0 Å². The average Bonchev–Trinajstić information content (AvgIpc) is 3.06. The zero-order valence-corrected chi connectivity index (χ0v) is 15.0. The predicted molar refractivity (Wildman–Crippen MR) is 78.9 cm³/mol. The lowest BCUT2D eigenvalue weighted by Gasteiger charge is -2.28. The molecule has 0 spiro atoms. The lowest BCUT2D eigenvalue weighted by Crippen LogP contribution is -2.52. The number of nitrogens with zero attached hydrogens (tertiary/aromatic N) is 1. The van der Waals surface area contributed by atoms with Gasteiger partial charge in [-0.2, -0.15) is 0 Å². The Labute approximate surface area is 148 Å². The number of carboxylic acids is 2. The minimum absolute atomic E-state index is 0.0284. The minimum Gasteiger partial charge on any atom is -0.550 e. The number of alkyl halides is 2. The van der Waals surface area contributed by atoms with E-state index in [4.69, 9.17) is 0 Å². The van der Waals surface area contributed by atoms with Crippen LogP contribution >= 0.6 is 31.9 Å². The van der Waals surface area contributed by atoms with Gasteiger partial charge >= 0.3 is 0 Å². The first kappa shape index (κ1) is 16.9. The Morgan fingerprint density at radius 2 is 1.57 bits per heavy atom. The van der Waals surface area contributed by atoms with Crippen LogP contribution in [0.1, 0.15) is 19.3 Å². The van der Waals surface area contributed by atoms with Gasteiger partial charge in [-0.15, -0.1) is 0 Å². The first-order chi connectivity index (χ1) is 10.8. The quantitative estimate of drug-likeness (QED) is 0.368. The molecule has 0 radical (unpaired) electrons. The third-order valence-corrected chi connectivity index (χ3v) is 8.43. The number of amides is 2. The molecule has 126 valence electrons. The van der Waals surface area contributed by atoms with Crippen LogP contribution in [-0.2, 0) is 19.2 Å². The first-order valence-corrected chi connectivity index (χ1v) is 9.14. The van der Waals surface area contributed by atoms with Crippen molar-refractivity contribution in [1.82, 2.24) is 4.90 Å². The van der Waals surface area contributed by atoms with Gasteiger partial charge in [0.25, 0.3) is 0 Å². The maximum Gasteiger partial charge on any atom is 0.234 e. The van der Waals surface area contributed by atoms with Gasteiger partial charge in [-0.1, -0.05) is 31.9 Å². The monoisotopic (exact) mass is 449 g/mol. The van der Waals surface area contributed by atoms with Crippen LogP contribution in [0.3, 0.4) is 0 Å². The largest absolute Gasteiger partial charge is 0.550 e. The molecule has 0 aromatic rings. The van der Waals surface area contributed by atoms with Crippen molar-refractivity contribution in [2.75, 3.05) is 0 Å². The van der Waals surface area contributed by atoms with Crippen LogP contribution in [-0.4, -0.2) is 44.3 Å². The molecule has 7 atom stereocenters. The first-order valence-electron chi connectivity index (χ1n) is 7.31. The summed E-state index contributed by atoms with van der Waals surface area (Å²) in [6, 6.07) is -1.56. The van der Waals surface area contributed by atoms with E-state index >= 15 is 0 Å². The van der Waals surface area contributed by atoms with Crippen molar-refractivity contribution < 1.29 is 29.4 Å². The van der Waals surface area contributed by atoms with Crippen molar-refractivity contribution in [2.45, 2.75) is 35.0 Å². The van der Waals surface area contributed by atoms with Gasteiger partial charge < -0.3 is 19.8 Å². The number of hydrogen-bond acceptors (Lipinski definition) is 6. The Balaban J connectivity index is 1.87. The number of carbonyl (C=O) groups is 4. The molecular weight excluding hydrogens is 438 g/mol. The zero-order valence-electron chi connectivity index (χ0n) is 11.8. The van der Waals surface area contributed by atoms with Crippen molar-refractivity contribution >= 4 is 55.6 Å². The molecule has 3 rings (SSSR count). The molecule has 1 aliphatic heterocycles. The molecule has 9 heteroatoms. The number of halogens is 2. The summed E-state index contributed by atoms with van der Waals surface area (Å²) in [4.78, 5) is 48.0. The summed E-state index contributed by atoms with van der Waals surface area (Å²) in [6.45, 7) is 0. The topological polar surface area (TPSA) is 118 Å². The zero-order chi connectivity index (χ0) is 17.0. The van der Waals surface area contributed by atoms with Crippen molar-refractivity contribution in [1.29, 1.82) is 0 Å². The minimum atomic E-state index is -1.62. The Morgan fingerprint density at radius 1 is 1.09 bits per heavy atom. The number of likely N-dealkylation sites (tertiary alicyclic amines) is 1. The number of aliphatic carboxylic acids is 2. The Bertz CT molecular complexity index is 564. The molecule has 2 amide bonds. The summed E-state index contributed by atoms with van der Waals surface area (Å²) in [5.74, 6) is -5.22. The molecule has 7 nitrogen and oxygen atoms in total. The molecule has 1 saturated heterocycles. The van der Waals surface area contributed by atoms with E-state index in [0.29, 0.717) is 0 Å². The van der Waals surface area contributed by atoms with E-state index in [1.54, 1.807) is 0 Å². The van der Waals surface area contributed by atoms with Gasteiger partial charge in [-0.25, -0.2) is 0 Å². The van der Waals surface area contributed by atoms with E-state index in [1.807, 2.05) is 0 Å². The summed E-state index contributed by atoms with van der Waals surface area (Å²) in [6.07, 6.45) is -0.214. The molecule has 2 aliphatic carbocycles. The SMILES string of the molecule is O=C([O-])CC[C@H](C(=O)[O-])N1C(=O)[C@@H]2[C@@H]3C[C@@H]([C@@H](Br)[C@H]3Br)[C@@H]2C1=O. The molecule has 0 N–H and O–H groups in total. The highest BCUT2D eigenvalue weighted by molar-refractivity contribution is 9.12. The van der Waals surface area contributed by atoms with Gasteiger partial charge in [-0.05, 0) is 31.1 Å². The molecule has 1 heterocycles. The fraction of sp³-hybridized carbons (Fsp3) is 0.714. The summed E-state index contributed by atoms with van der Waals surface area (Å²) in [7, 11) is 0. The van der Waals surface area contributed by atoms with Crippen molar-refractivity contribution in [2.24, 2.45) is 23.7 Å². The fourth-order valence-corrected chi connectivity index (χ4v) is 6.16. The number of fused-ring (bicyclic) bond motifs is 5. The standard InChI is InChI=1S/C14H15Br2NO6/c15-10-4-3-5(11(10)16)9-8(4)12(20)17(13(9)21)6(14(22)23)1-2-7(18)19/h4-6,8-11H,1-3H2,(H,18,19)(H,22,23)/p-2/t4-,5+,6-,8+,9-,10-,11+/m1/s1. The summed E-state index contributed by atoms with van der Waals surface area (Å²) < 4.78 is 0. The number of imide groups is 1. The third-order valence-electron chi connectivity index (χ3n) is 5.23. The van der Waals surface area contributed by atoms with Crippen LogP contribution in [0.2, 0.25) is 0 Å². The van der Waals surface area contributed by atoms with E-state index in [-0.39, 0.29) is 21.5 Å². The highest BCUT2D eigenvalue weighted by Gasteiger charge is 2.67. The average molecular weight is 451 g/mol. The van der Waals surface area contributed by atoms with Gasteiger partial charge in [0.2, 0.25) is 11.8 Å². The highest BCUT2D eigenvalue weighted by atomic mass is 79.9. The van der Waals surface area contributed by atoms with Crippen LogP contribution in [0, 0.1) is 23.7 Å². The predicted octanol–water partition coefficient (Wildman–Crippen LogP) is -1.59. The molecule has 2 saturated carbocycles. The number of carbonyl (C=O) groups excluding carboxylic acids is 4. The van der Waals surface area contributed by atoms with Gasteiger partial charge in [0, 0.05) is 15.6 Å². The second-order valence-electron chi connectivity index (χ2n) is 6.30. The highest BCUT2D eigenvalue weighted by Crippen LogP contribution is 2.60. The summed E-state index contributed by atoms with van der Waals surface area (Å²) >= 11 is 7.07. The Morgan fingerprint density at radius 3 is 1.96 bits per heavy atom. The summed E-state index contributed by atoms with van der Waals surface area (Å²) in [5, 5.41) is 21.9. The number of hydrogen-bond donors (Lipinski definition) is 0. The lowest BCUT2D eigenvalue weighted by atomic mass is 9.81. The molecule has 0 aromatic heterocycles. The number of carboxylic acid groups (broad SMARTS) is 2. The van der Waals surface area contributed by atoms with Crippen molar-refractivity contribution in [3.05, 3.63) is 0 Å². The van der Waals surface area contributed by atoms with Gasteiger partial charge in [0.15, 0.2) is 0 Å². The fourth-order valence-electron chi connectivity index (χ4n) is 4.29. The van der Waals surface area contributed by atoms with Gasteiger partial charge in [0.05, 0.1) is 23.8 Å². The normalized spacial score (nSPS) is 39.7. The smallest absolute Gasteiger partial charge is 0.234 e. The maximum absolute atomic E-state index is 12.6. The number of rotatable bonds is 5. The van der Waals surface area contributed by atoms with Gasteiger partial charge in [0.1, 0.15) is 0 Å². The van der Waals surface area contributed by atoms with E-state index in [0.717, 1.165) is 11.3 Å². The van der Waals surface area contributed by atoms with Crippen LogP contribution < -0.4 is 10.2 Å². The second kappa shape index (κ2) is 5.84. The van der Waals surface area contributed by atoms with Crippen LogP contribution in [0.25, 0.3) is 0 Å². The third kappa shape index (κ3) is 2.43. The van der Waals surface area contributed by atoms with Crippen molar-refractivity contribution in [3.8, 4) is 0 Å². The van der Waals surface area contributed by atoms with Crippen LogP contribution in [0.5, 0.6) is 0 Å². The second-order valence-corrected chi connectivity index (χ2v) is 8.41. The maximum atomic E-state index is 12.6. The molecule has 3 fully saturated rings. The lowest BCUT2D eigenvalue weighted by molar-refractivity contribution is -0.312. The van der Waals surface area contributed by atoms with E-state index in [2.05, 4.69) is 31.9 Å². The van der Waals surface area contributed by atoms with E-state index in [9.17, 15) is 29.4 Å². The Hall–Kier alpha value is -0.960. The molecule has 23 heavy (non-hydrogen) atoms. The van der Waals surface area contributed by atoms with E-state index < -0.39 is 54.5 Å². The Kier molecular flexibility index (Phi) is 4.29.